The summed E-state index contributed by atoms with van der Waals surface area (Å²) >= 11 is 5.70. The normalized spacial score (nSPS) is 16.9. The van der Waals surface area contributed by atoms with Crippen molar-refractivity contribution >= 4 is 29.1 Å². The Kier molecular flexibility index (Phi) is 6.11. The molecule has 1 amide bonds. The third kappa shape index (κ3) is 5.29. The number of carbonyl (C=O) groups excluding carboxylic acids is 1. The van der Waals surface area contributed by atoms with Crippen molar-refractivity contribution in [1.29, 1.82) is 0 Å². The van der Waals surface area contributed by atoms with Gasteiger partial charge in [-0.1, -0.05) is 18.5 Å². The number of hydrogen-bond donors (Lipinski definition) is 1. The molecule has 6 nitrogen and oxygen atoms in total. The van der Waals surface area contributed by atoms with E-state index in [0.717, 1.165) is 31.3 Å². The number of aromatic nitrogens is 2. The molecule has 1 aliphatic rings. The molecule has 1 N–H and O–H groups in total. The lowest BCUT2D eigenvalue weighted by atomic mass is 10.0. The number of nitrogens with one attached hydrogen (secondary N) is 1. The second-order valence-corrected chi connectivity index (χ2v) is 7.24. The molecule has 1 aliphatic heterocycles. The van der Waals surface area contributed by atoms with Crippen LogP contribution in [0, 0.1) is 18.7 Å². The molecule has 0 spiro atoms. The summed E-state index contributed by atoms with van der Waals surface area (Å²) in [6, 6.07) is 5.71. The fraction of sp³-hybridized carbons (Fsp3) is 0.421. The summed E-state index contributed by atoms with van der Waals surface area (Å²) in [5.74, 6) is 0.436. The molecule has 3 rings (SSSR count). The van der Waals surface area contributed by atoms with Gasteiger partial charge in [-0.05, 0) is 43.9 Å². The molecule has 144 valence electrons. The molecular formula is C19H22ClFN4O2. The van der Waals surface area contributed by atoms with E-state index in [1.807, 2.05) is 6.92 Å². The number of ether oxygens (including phenoxy) is 1. The number of nitrogens with zero attached hydrogens (tertiary/aromatic N) is 3. The topological polar surface area (TPSA) is 67.3 Å². The van der Waals surface area contributed by atoms with Crippen LogP contribution in [0.15, 0.2) is 24.3 Å². The van der Waals surface area contributed by atoms with Crippen LogP contribution in [0.5, 0.6) is 5.88 Å². The first kappa shape index (κ1) is 19.4. The average Bonchev–Trinajstić information content (AvgIpc) is 2.62. The summed E-state index contributed by atoms with van der Waals surface area (Å²) in [5.41, 5.74) is 0.812. The smallest absolute Gasteiger partial charge is 0.262 e. The number of piperidine rings is 1. The summed E-state index contributed by atoms with van der Waals surface area (Å²) in [6.07, 6.45) is 2.30. The van der Waals surface area contributed by atoms with Crippen molar-refractivity contribution in [3.05, 3.63) is 40.8 Å². The molecule has 0 bridgehead atoms. The second-order valence-electron chi connectivity index (χ2n) is 6.80. The molecule has 2 aromatic rings. The van der Waals surface area contributed by atoms with E-state index in [1.54, 1.807) is 6.07 Å². The lowest BCUT2D eigenvalue weighted by Gasteiger charge is -2.31. The Balaban J connectivity index is 1.62. The molecule has 1 fully saturated rings. The molecule has 8 heteroatoms. The number of amides is 1. The van der Waals surface area contributed by atoms with Gasteiger partial charge in [0.2, 0.25) is 11.8 Å². The fourth-order valence-electron chi connectivity index (χ4n) is 3.03. The molecule has 0 saturated carbocycles. The van der Waals surface area contributed by atoms with Gasteiger partial charge in [-0.2, -0.15) is 4.98 Å². The van der Waals surface area contributed by atoms with Crippen LogP contribution in [0.1, 0.15) is 25.5 Å². The number of benzene rings is 1. The number of aryl methyl sites for hydroxylation is 1. The zero-order valence-electron chi connectivity index (χ0n) is 15.3. The SMILES string of the molecule is Cc1cc(OCC(=O)Nc2ccc(Cl)cc2F)nc(N2CCC[C@@H](C)C2)n1. The minimum Gasteiger partial charge on any atom is -0.467 e. The van der Waals surface area contributed by atoms with Gasteiger partial charge >= 0.3 is 0 Å². The molecular weight excluding hydrogens is 371 g/mol. The van der Waals surface area contributed by atoms with Crippen LogP contribution in [0.2, 0.25) is 5.02 Å². The van der Waals surface area contributed by atoms with Crippen LogP contribution in [0.25, 0.3) is 0 Å². The molecule has 1 atom stereocenters. The third-order valence-electron chi connectivity index (χ3n) is 4.32. The van der Waals surface area contributed by atoms with Gasteiger partial charge < -0.3 is 15.0 Å². The van der Waals surface area contributed by atoms with Crippen LogP contribution in [-0.4, -0.2) is 35.6 Å². The first-order chi connectivity index (χ1) is 12.9. The maximum Gasteiger partial charge on any atom is 0.262 e. The predicted octanol–water partition coefficient (Wildman–Crippen LogP) is 3.83. The van der Waals surface area contributed by atoms with Crippen molar-refractivity contribution in [1.82, 2.24) is 9.97 Å². The quantitative estimate of drug-likeness (QED) is 0.837. The van der Waals surface area contributed by atoms with Crippen molar-refractivity contribution in [2.45, 2.75) is 26.7 Å². The Morgan fingerprint density at radius 1 is 1.41 bits per heavy atom. The van der Waals surface area contributed by atoms with Crippen molar-refractivity contribution in [3.63, 3.8) is 0 Å². The summed E-state index contributed by atoms with van der Waals surface area (Å²) in [7, 11) is 0. The van der Waals surface area contributed by atoms with E-state index in [4.69, 9.17) is 16.3 Å². The summed E-state index contributed by atoms with van der Waals surface area (Å²) < 4.78 is 19.3. The van der Waals surface area contributed by atoms with Crippen LogP contribution in [0.4, 0.5) is 16.0 Å². The van der Waals surface area contributed by atoms with Gasteiger partial charge in [0.25, 0.3) is 5.91 Å². The van der Waals surface area contributed by atoms with Crippen LogP contribution in [0.3, 0.4) is 0 Å². The number of hydrogen-bond acceptors (Lipinski definition) is 5. The van der Waals surface area contributed by atoms with Crippen molar-refractivity contribution < 1.29 is 13.9 Å². The average molecular weight is 393 g/mol. The van der Waals surface area contributed by atoms with E-state index < -0.39 is 11.7 Å². The number of rotatable bonds is 5. The Labute approximate surface area is 162 Å². The van der Waals surface area contributed by atoms with E-state index in [9.17, 15) is 9.18 Å². The summed E-state index contributed by atoms with van der Waals surface area (Å²) in [6.45, 7) is 5.59. The molecule has 0 unspecified atom stereocenters. The molecule has 2 heterocycles. The molecule has 0 aliphatic carbocycles. The molecule has 27 heavy (non-hydrogen) atoms. The Bertz CT molecular complexity index is 833. The maximum absolute atomic E-state index is 13.8. The Morgan fingerprint density at radius 2 is 2.22 bits per heavy atom. The minimum atomic E-state index is -0.602. The standard InChI is InChI=1S/C19H22ClFN4O2/c1-12-4-3-7-25(10-12)19-22-13(2)8-18(24-19)27-11-17(26)23-16-6-5-14(20)9-15(16)21/h5-6,8-9,12H,3-4,7,10-11H2,1-2H3,(H,23,26)/t12-/m1/s1. The largest absolute Gasteiger partial charge is 0.467 e. The van der Waals surface area contributed by atoms with E-state index in [0.29, 0.717) is 17.7 Å². The van der Waals surface area contributed by atoms with Crippen molar-refractivity contribution in [3.8, 4) is 5.88 Å². The zero-order chi connectivity index (χ0) is 19.4. The highest BCUT2D eigenvalue weighted by Crippen LogP contribution is 2.22. The van der Waals surface area contributed by atoms with Gasteiger partial charge in [0, 0.05) is 29.9 Å². The molecule has 1 aromatic heterocycles. The van der Waals surface area contributed by atoms with Gasteiger partial charge in [0.1, 0.15) is 5.82 Å². The summed E-state index contributed by atoms with van der Waals surface area (Å²) in [4.78, 5) is 23.1. The van der Waals surface area contributed by atoms with Crippen LogP contribution in [-0.2, 0) is 4.79 Å². The van der Waals surface area contributed by atoms with Gasteiger partial charge in [-0.3, -0.25) is 4.79 Å². The van der Waals surface area contributed by atoms with Crippen molar-refractivity contribution in [2.75, 3.05) is 29.9 Å². The fourth-order valence-corrected chi connectivity index (χ4v) is 3.19. The van der Waals surface area contributed by atoms with Gasteiger partial charge in [0.15, 0.2) is 6.61 Å². The summed E-state index contributed by atoms with van der Waals surface area (Å²) in [5, 5.41) is 2.72. The molecule has 1 aromatic carbocycles. The minimum absolute atomic E-state index is 0.0508. The highest BCUT2D eigenvalue weighted by molar-refractivity contribution is 6.30. The van der Waals surface area contributed by atoms with Gasteiger partial charge in [-0.25, -0.2) is 9.37 Å². The highest BCUT2D eigenvalue weighted by atomic mass is 35.5. The van der Waals surface area contributed by atoms with E-state index in [2.05, 4.69) is 27.1 Å². The Hall–Kier alpha value is -2.41. The first-order valence-electron chi connectivity index (χ1n) is 8.89. The monoisotopic (exact) mass is 392 g/mol. The molecule has 0 radical (unpaired) electrons. The lowest BCUT2D eigenvalue weighted by Crippen LogP contribution is -2.35. The number of anilines is 2. The predicted molar refractivity (Wildman–Crippen MR) is 103 cm³/mol. The van der Waals surface area contributed by atoms with E-state index in [1.165, 1.54) is 18.6 Å². The Morgan fingerprint density at radius 3 is 2.96 bits per heavy atom. The molecule has 1 saturated heterocycles. The van der Waals surface area contributed by atoms with Crippen LogP contribution >= 0.6 is 11.6 Å². The third-order valence-corrected chi connectivity index (χ3v) is 4.55. The first-order valence-corrected chi connectivity index (χ1v) is 9.27. The van der Waals surface area contributed by atoms with Crippen molar-refractivity contribution in [2.24, 2.45) is 5.92 Å². The second kappa shape index (κ2) is 8.52. The number of carbonyl (C=O) groups is 1. The van der Waals surface area contributed by atoms with E-state index >= 15 is 0 Å². The van der Waals surface area contributed by atoms with Gasteiger partial charge in [0.05, 0.1) is 5.69 Å². The van der Waals surface area contributed by atoms with Gasteiger partial charge in [-0.15, -0.1) is 0 Å². The zero-order valence-corrected chi connectivity index (χ0v) is 16.1. The maximum atomic E-state index is 13.8. The van der Waals surface area contributed by atoms with Crippen LogP contribution < -0.4 is 15.0 Å². The lowest BCUT2D eigenvalue weighted by molar-refractivity contribution is -0.118. The van der Waals surface area contributed by atoms with E-state index in [-0.39, 0.29) is 17.3 Å². The highest BCUT2D eigenvalue weighted by Gasteiger charge is 2.20. The number of halogens is 2.